The van der Waals surface area contributed by atoms with Gasteiger partial charge in [-0.15, -0.1) is 0 Å². The lowest BCUT2D eigenvalue weighted by Gasteiger charge is -2.12. The van der Waals surface area contributed by atoms with Crippen LogP contribution in [-0.2, 0) is 0 Å². The first kappa shape index (κ1) is 14.2. The summed E-state index contributed by atoms with van der Waals surface area (Å²) in [7, 11) is 0. The van der Waals surface area contributed by atoms with Gasteiger partial charge < -0.3 is 20.5 Å². The average molecular weight is 255 g/mol. The van der Waals surface area contributed by atoms with Crippen LogP contribution in [0.1, 0.15) is 30.8 Å². The summed E-state index contributed by atoms with van der Waals surface area (Å²) in [6.07, 6.45) is -0.0237. The zero-order valence-electron chi connectivity index (χ0n) is 10.3. The van der Waals surface area contributed by atoms with Gasteiger partial charge in [-0.3, -0.25) is 4.79 Å². The third kappa shape index (κ3) is 4.17. The number of H-pyrrole nitrogens is 1. The zero-order chi connectivity index (χ0) is 13.7. The second-order valence-corrected chi connectivity index (χ2v) is 4.51. The number of nitrogens with one attached hydrogen (secondary N) is 2. The smallest absolute Gasteiger partial charge is 0.321 e. The van der Waals surface area contributed by atoms with E-state index in [2.05, 4.69) is 10.3 Å². The van der Waals surface area contributed by atoms with E-state index in [1.165, 1.54) is 12.1 Å². The van der Waals surface area contributed by atoms with E-state index in [4.69, 9.17) is 0 Å². The predicted molar refractivity (Wildman–Crippen MR) is 65.2 cm³/mol. The second-order valence-electron chi connectivity index (χ2n) is 4.51. The number of hydrogen-bond acceptors (Lipinski definition) is 4. The van der Waals surface area contributed by atoms with Crippen LogP contribution in [0.15, 0.2) is 12.1 Å². The van der Waals surface area contributed by atoms with Gasteiger partial charge in [0.1, 0.15) is 0 Å². The highest BCUT2D eigenvalue weighted by Gasteiger charge is 2.16. The fourth-order valence-corrected chi connectivity index (χ4v) is 1.56. The molecule has 1 atom stereocenters. The fraction of sp³-hybridized carbons (Fsp3) is 0.545. The molecule has 0 aromatic carbocycles. The Morgan fingerprint density at radius 2 is 2.22 bits per heavy atom. The largest absolute Gasteiger partial charge is 0.391 e. The Kier molecular flexibility index (Phi) is 4.85. The van der Waals surface area contributed by atoms with E-state index in [1.807, 2.05) is 13.8 Å². The van der Waals surface area contributed by atoms with Crippen molar-refractivity contribution in [2.75, 3.05) is 6.54 Å². The van der Waals surface area contributed by atoms with E-state index in [0.717, 1.165) is 0 Å². The summed E-state index contributed by atoms with van der Waals surface area (Å²) >= 11 is 0. The highest BCUT2D eigenvalue weighted by Crippen LogP contribution is 2.09. The summed E-state index contributed by atoms with van der Waals surface area (Å²) in [5.74, 6) is -0.364. The van der Waals surface area contributed by atoms with Crippen LogP contribution >= 0.6 is 0 Å². The Bertz CT molecular complexity index is 428. The van der Waals surface area contributed by atoms with Crippen LogP contribution in [0.2, 0.25) is 0 Å². The van der Waals surface area contributed by atoms with Gasteiger partial charge in [0.05, 0.1) is 6.10 Å². The first-order valence-corrected chi connectivity index (χ1v) is 5.69. The second kappa shape index (κ2) is 6.15. The van der Waals surface area contributed by atoms with E-state index < -0.39 is 16.9 Å². The Morgan fingerprint density at radius 3 is 2.72 bits per heavy atom. The monoisotopic (exact) mass is 255 g/mol. The Balaban J connectivity index is 2.47. The third-order valence-electron chi connectivity index (χ3n) is 2.35. The van der Waals surface area contributed by atoms with E-state index in [9.17, 15) is 20.0 Å². The molecule has 0 saturated carbocycles. The van der Waals surface area contributed by atoms with Gasteiger partial charge in [-0.05, 0) is 23.3 Å². The highest BCUT2D eigenvalue weighted by atomic mass is 16.6. The highest BCUT2D eigenvalue weighted by molar-refractivity contribution is 5.92. The molecular weight excluding hydrogens is 238 g/mol. The SMILES string of the molecule is CC(C)CC(O)CNC(=O)c1ccc([N+](=O)[O-])[nH]1. The normalized spacial score (nSPS) is 12.4. The molecule has 1 aromatic heterocycles. The minimum Gasteiger partial charge on any atom is -0.391 e. The Morgan fingerprint density at radius 1 is 1.56 bits per heavy atom. The summed E-state index contributed by atoms with van der Waals surface area (Å²) in [5, 5.41) is 22.5. The molecule has 100 valence electrons. The van der Waals surface area contributed by atoms with Crippen LogP contribution in [0.4, 0.5) is 5.82 Å². The molecule has 0 spiro atoms. The average Bonchev–Trinajstić information content (AvgIpc) is 2.74. The first-order chi connectivity index (χ1) is 8.40. The van der Waals surface area contributed by atoms with Crippen LogP contribution in [-0.4, -0.2) is 33.6 Å². The fourth-order valence-electron chi connectivity index (χ4n) is 1.56. The minimum atomic E-state index is -0.612. The number of nitro groups is 1. The van der Waals surface area contributed by atoms with Crippen molar-refractivity contribution in [3.8, 4) is 0 Å². The van der Waals surface area contributed by atoms with Crippen molar-refractivity contribution in [1.82, 2.24) is 10.3 Å². The molecule has 1 unspecified atom stereocenters. The number of hydrogen-bond donors (Lipinski definition) is 3. The van der Waals surface area contributed by atoms with Gasteiger partial charge in [-0.25, -0.2) is 4.98 Å². The molecule has 0 bridgehead atoms. The molecule has 1 rings (SSSR count). The topological polar surface area (TPSA) is 108 Å². The van der Waals surface area contributed by atoms with Crippen molar-refractivity contribution in [3.63, 3.8) is 0 Å². The summed E-state index contributed by atoms with van der Waals surface area (Å²) in [5.41, 5.74) is 0.110. The van der Waals surface area contributed by atoms with Gasteiger partial charge in [0.2, 0.25) is 0 Å². The molecule has 0 fully saturated rings. The van der Waals surface area contributed by atoms with Gasteiger partial charge in [-0.1, -0.05) is 13.8 Å². The van der Waals surface area contributed by atoms with E-state index in [-0.39, 0.29) is 18.1 Å². The molecule has 0 radical (unpaired) electrons. The number of rotatable bonds is 6. The molecule has 3 N–H and O–H groups in total. The quantitative estimate of drug-likeness (QED) is 0.521. The number of aromatic amines is 1. The number of aliphatic hydroxyl groups is 1. The molecular formula is C11H17N3O4. The first-order valence-electron chi connectivity index (χ1n) is 5.69. The summed E-state index contributed by atoms with van der Waals surface area (Å²) in [6.45, 7) is 4.07. The molecule has 7 nitrogen and oxygen atoms in total. The Labute approximate surface area is 104 Å². The van der Waals surface area contributed by atoms with Crippen LogP contribution in [0, 0.1) is 16.0 Å². The number of amides is 1. The van der Waals surface area contributed by atoms with Crippen LogP contribution < -0.4 is 5.32 Å². The van der Waals surface area contributed by atoms with Gasteiger partial charge in [0.15, 0.2) is 5.69 Å². The van der Waals surface area contributed by atoms with Crippen LogP contribution in [0.3, 0.4) is 0 Å². The van der Waals surface area contributed by atoms with E-state index in [0.29, 0.717) is 12.3 Å². The molecule has 0 aliphatic carbocycles. The van der Waals surface area contributed by atoms with Crippen LogP contribution in [0.25, 0.3) is 0 Å². The van der Waals surface area contributed by atoms with E-state index >= 15 is 0 Å². The minimum absolute atomic E-state index is 0.110. The maximum absolute atomic E-state index is 11.6. The number of nitrogens with zero attached hydrogens (tertiary/aromatic N) is 1. The lowest BCUT2D eigenvalue weighted by Crippen LogP contribution is -2.32. The molecule has 0 aliphatic heterocycles. The zero-order valence-corrected chi connectivity index (χ0v) is 10.3. The molecule has 1 aromatic rings. The lowest BCUT2D eigenvalue weighted by atomic mass is 10.1. The molecule has 1 heterocycles. The van der Waals surface area contributed by atoms with Gasteiger partial charge in [0, 0.05) is 12.6 Å². The molecule has 0 saturated heterocycles. The van der Waals surface area contributed by atoms with Gasteiger partial charge >= 0.3 is 5.82 Å². The van der Waals surface area contributed by atoms with Crippen molar-refractivity contribution < 1.29 is 14.8 Å². The number of aromatic nitrogens is 1. The van der Waals surface area contributed by atoms with Crippen molar-refractivity contribution in [1.29, 1.82) is 0 Å². The van der Waals surface area contributed by atoms with Crippen molar-refractivity contribution >= 4 is 11.7 Å². The van der Waals surface area contributed by atoms with Crippen LogP contribution in [0.5, 0.6) is 0 Å². The van der Waals surface area contributed by atoms with E-state index in [1.54, 1.807) is 0 Å². The lowest BCUT2D eigenvalue weighted by molar-refractivity contribution is -0.389. The number of carbonyl (C=O) groups excluding carboxylic acids is 1. The summed E-state index contributed by atoms with van der Waals surface area (Å²) in [4.78, 5) is 23.8. The van der Waals surface area contributed by atoms with Crippen molar-refractivity contribution in [3.05, 3.63) is 27.9 Å². The summed E-state index contributed by atoms with van der Waals surface area (Å²) in [6, 6.07) is 2.56. The number of aliphatic hydroxyl groups excluding tert-OH is 1. The van der Waals surface area contributed by atoms with Crippen molar-refractivity contribution in [2.24, 2.45) is 5.92 Å². The van der Waals surface area contributed by atoms with Gasteiger partial charge in [-0.2, -0.15) is 0 Å². The predicted octanol–water partition coefficient (Wildman–Crippen LogP) is 1.06. The molecule has 0 aliphatic rings. The third-order valence-corrected chi connectivity index (χ3v) is 2.35. The maximum Gasteiger partial charge on any atom is 0.321 e. The molecule has 1 amide bonds. The maximum atomic E-state index is 11.6. The standard InChI is InChI=1S/C11H17N3O4/c1-7(2)5-8(15)6-12-11(16)9-3-4-10(13-9)14(17)18/h3-4,7-8,13,15H,5-6H2,1-2H3,(H,12,16). The number of carbonyl (C=O) groups is 1. The molecule has 18 heavy (non-hydrogen) atoms. The summed E-state index contributed by atoms with van der Waals surface area (Å²) < 4.78 is 0. The van der Waals surface area contributed by atoms with Crippen molar-refractivity contribution in [2.45, 2.75) is 26.4 Å². The Hall–Kier alpha value is -1.89. The molecule has 7 heteroatoms. The van der Waals surface area contributed by atoms with Gasteiger partial charge in [0.25, 0.3) is 5.91 Å².